The number of carbonyl (C=O) groups is 3. The highest BCUT2D eigenvalue weighted by atomic mass is 32.2. The number of nitrogens with one attached hydrogen (secondary N) is 1. The number of thiophene rings is 1. The molecular weight excluding hydrogens is 533 g/mol. The molecule has 2 aromatic carbocycles. The monoisotopic (exact) mass is 559 g/mol. The fraction of sp³-hybridized carbons (Fsp3) is 0.269. The normalized spacial score (nSPS) is 16.8. The third kappa shape index (κ3) is 6.26. The van der Waals surface area contributed by atoms with Gasteiger partial charge in [-0.15, -0.1) is 11.3 Å². The van der Waals surface area contributed by atoms with Gasteiger partial charge in [0.2, 0.25) is 5.91 Å². The second-order valence-electron chi connectivity index (χ2n) is 8.70. The van der Waals surface area contributed by atoms with Crippen molar-refractivity contribution in [2.75, 3.05) is 13.1 Å². The predicted molar refractivity (Wildman–Crippen MR) is 138 cm³/mol. The first-order valence-electron chi connectivity index (χ1n) is 11.8. The number of amides is 2. The average Bonchev–Trinajstić information content (AvgIpc) is 3.59. The third-order valence-electron chi connectivity index (χ3n) is 6.18. The molecule has 2 heterocycles. The number of nitrogens with zero attached hydrogens (tertiary/aromatic N) is 2. The summed E-state index contributed by atoms with van der Waals surface area (Å²) in [5.74, 6) is -3.00. The van der Waals surface area contributed by atoms with Crippen LogP contribution in [-0.4, -0.2) is 59.8 Å². The van der Waals surface area contributed by atoms with E-state index in [9.17, 15) is 32.3 Å². The van der Waals surface area contributed by atoms with Gasteiger partial charge in [0.15, 0.2) is 6.17 Å². The zero-order valence-electron chi connectivity index (χ0n) is 20.2. The molecule has 2 amide bonds. The van der Waals surface area contributed by atoms with Gasteiger partial charge in [-0.05, 0) is 41.1 Å². The van der Waals surface area contributed by atoms with Crippen LogP contribution in [0.2, 0.25) is 0 Å². The average molecular weight is 560 g/mol. The number of sulfonamides is 1. The summed E-state index contributed by atoms with van der Waals surface area (Å²) in [4.78, 5) is 39.6. The van der Waals surface area contributed by atoms with Crippen LogP contribution in [0.15, 0.2) is 76.3 Å². The number of carbonyl (C=O) groups excluding carboxylic acids is 2. The Morgan fingerprint density at radius 1 is 1.03 bits per heavy atom. The number of hydrogen-bond acceptors (Lipinski definition) is 6. The maximum atomic E-state index is 13.6. The van der Waals surface area contributed by atoms with Gasteiger partial charge in [-0.2, -0.15) is 4.31 Å². The van der Waals surface area contributed by atoms with E-state index in [1.807, 2.05) is 30.3 Å². The third-order valence-corrected chi connectivity index (χ3v) is 9.41. The van der Waals surface area contributed by atoms with E-state index in [0.717, 1.165) is 33.3 Å². The van der Waals surface area contributed by atoms with E-state index in [0.29, 0.717) is 12.0 Å². The molecule has 200 valence electrons. The number of hydrogen-bond donors (Lipinski definition) is 2. The summed E-state index contributed by atoms with van der Waals surface area (Å²) in [6.45, 7) is -0.105. The molecule has 0 saturated carbocycles. The molecule has 1 aromatic heterocycles. The molecule has 4 rings (SSSR count). The first kappa shape index (κ1) is 27.4. The Morgan fingerprint density at radius 2 is 1.74 bits per heavy atom. The van der Waals surface area contributed by atoms with E-state index >= 15 is 0 Å². The minimum atomic E-state index is -4.12. The molecule has 9 nitrogen and oxygen atoms in total. The van der Waals surface area contributed by atoms with Crippen molar-refractivity contribution < 1.29 is 32.3 Å². The van der Waals surface area contributed by atoms with E-state index in [1.54, 1.807) is 11.4 Å². The van der Waals surface area contributed by atoms with Crippen LogP contribution in [0, 0.1) is 5.82 Å². The second kappa shape index (κ2) is 11.8. The summed E-state index contributed by atoms with van der Waals surface area (Å²) in [6, 6.07) is 16.2. The Kier molecular flexibility index (Phi) is 8.55. The van der Waals surface area contributed by atoms with E-state index in [2.05, 4.69) is 5.32 Å². The van der Waals surface area contributed by atoms with Crippen LogP contribution in [0.5, 0.6) is 0 Å². The van der Waals surface area contributed by atoms with Gasteiger partial charge < -0.3 is 15.3 Å². The van der Waals surface area contributed by atoms with Crippen LogP contribution in [-0.2, 0) is 30.8 Å². The lowest BCUT2D eigenvalue weighted by Crippen LogP contribution is -2.54. The van der Waals surface area contributed by atoms with E-state index < -0.39 is 52.3 Å². The topological polar surface area (TPSA) is 124 Å². The molecule has 12 heteroatoms. The van der Waals surface area contributed by atoms with Crippen molar-refractivity contribution in [3.8, 4) is 0 Å². The van der Waals surface area contributed by atoms with E-state index in [-0.39, 0.29) is 23.7 Å². The smallest absolute Gasteiger partial charge is 0.305 e. The minimum Gasteiger partial charge on any atom is -0.481 e. The number of halogens is 1. The van der Waals surface area contributed by atoms with Gasteiger partial charge in [0, 0.05) is 19.5 Å². The standard InChI is InChI=1S/C26H26FN3O6S2/c27-20-11-9-19(10-12-20)21(17-23(32)33)28-25(34)26-29(22(31)13-8-18-5-2-1-3-6-18)14-15-30(26)38(35,36)24-7-4-16-37-24/h1-7,9-12,16,21,26H,8,13-15,17H2,(H,28,34)(H,32,33). The first-order chi connectivity index (χ1) is 18.2. The van der Waals surface area contributed by atoms with Gasteiger partial charge in [-0.1, -0.05) is 48.5 Å². The lowest BCUT2D eigenvalue weighted by molar-refractivity contribution is -0.142. The Hall–Kier alpha value is -3.61. The Balaban J connectivity index is 1.62. The highest BCUT2D eigenvalue weighted by molar-refractivity contribution is 7.91. The fourth-order valence-electron chi connectivity index (χ4n) is 4.32. The zero-order valence-corrected chi connectivity index (χ0v) is 21.8. The number of carboxylic acids is 1. The van der Waals surface area contributed by atoms with Crippen LogP contribution in [0.25, 0.3) is 0 Å². The summed E-state index contributed by atoms with van der Waals surface area (Å²) < 4.78 is 41.3. The number of aryl methyl sites for hydroxylation is 1. The van der Waals surface area contributed by atoms with Crippen LogP contribution < -0.4 is 5.32 Å². The SMILES string of the molecule is O=C(O)CC(NC(=O)C1N(C(=O)CCc2ccccc2)CCN1S(=O)(=O)c1cccs1)c1ccc(F)cc1. The van der Waals surface area contributed by atoms with Crippen molar-refractivity contribution in [3.05, 3.63) is 89.1 Å². The quantitative estimate of drug-likeness (QED) is 0.394. The zero-order chi connectivity index (χ0) is 27.3. The molecule has 0 radical (unpaired) electrons. The molecule has 0 spiro atoms. The van der Waals surface area contributed by atoms with Crippen LogP contribution in [0.3, 0.4) is 0 Å². The molecule has 38 heavy (non-hydrogen) atoms. The van der Waals surface area contributed by atoms with Crippen LogP contribution in [0.4, 0.5) is 4.39 Å². The first-order valence-corrected chi connectivity index (χ1v) is 14.1. The van der Waals surface area contributed by atoms with Gasteiger partial charge >= 0.3 is 5.97 Å². The summed E-state index contributed by atoms with van der Waals surface area (Å²) in [5.41, 5.74) is 1.25. The maximum Gasteiger partial charge on any atom is 0.305 e. The Labute approximate surface area is 223 Å². The molecule has 1 aliphatic rings. The number of carboxylic acid groups (broad SMARTS) is 1. The number of rotatable bonds is 10. The molecule has 2 unspecified atom stereocenters. The molecule has 1 fully saturated rings. The molecule has 2 atom stereocenters. The van der Waals surface area contributed by atoms with Crippen molar-refractivity contribution in [2.45, 2.75) is 35.7 Å². The van der Waals surface area contributed by atoms with Crippen molar-refractivity contribution in [1.29, 1.82) is 0 Å². The van der Waals surface area contributed by atoms with Gasteiger partial charge in [0.1, 0.15) is 10.0 Å². The molecular formula is C26H26FN3O6S2. The Morgan fingerprint density at radius 3 is 2.37 bits per heavy atom. The van der Waals surface area contributed by atoms with Crippen LogP contribution in [0.1, 0.15) is 30.0 Å². The lowest BCUT2D eigenvalue weighted by atomic mass is 10.0. The fourth-order valence-corrected chi connectivity index (χ4v) is 6.99. The lowest BCUT2D eigenvalue weighted by Gasteiger charge is -2.30. The summed E-state index contributed by atoms with van der Waals surface area (Å²) in [5, 5.41) is 13.6. The van der Waals surface area contributed by atoms with Gasteiger partial charge in [-0.25, -0.2) is 12.8 Å². The van der Waals surface area contributed by atoms with E-state index in [1.165, 1.54) is 23.1 Å². The largest absolute Gasteiger partial charge is 0.481 e. The minimum absolute atomic E-state index is 0.00351. The van der Waals surface area contributed by atoms with Crippen molar-refractivity contribution >= 4 is 39.1 Å². The van der Waals surface area contributed by atoms with Gasteiger partial charge in [0.25, 0.3) is 15.9 Å². The van der Waals surface area contributed by atoms with Crippen molar-refractivity contribution in [3.63, 3.8) is 0 Å². The van der Waals surface area contributed by atoms with E-state index in [4.69, 9.17) is 0 Å². The summed E-state index contributed by atoms with van der Waals surface area (Å²) in [7, 11) is -4.12. The summed E-state index contributed by atoms with van der Waals surface area (Å²) in [6.07, 6.45) is -1.58. The number of benzene rings is 2. The second-order valence-corrected chi connectivity index (χ2v) is 11.8. The maximum absolute atomic E-state index is 13.6. The molecule has 0 aliphatic carbocycles. The predicted octanol–water partition coefficient (Wildman–Crippen LogP) is 3.01. The molecule has 2 N–H and O–H groups in total. The van der Waals surface area contributed by atoms with Gasteiger partial charge in [-0.3, -0.25) is 14.4 Å². The molecule has 1 aliphatic heterocycles. The Bertz CT molecular complexity index is 1380. The molecule has 1 saturated heterocycles. The van der Waals surface area contributed by atoms with Crippen LogP contribution >= 0.6 is 11.3 Å². The summed E-state index contributed by atoms with van der Waals surface area (Å²) >= 11 is 0.990. The van der Waals surface area contributed by atoms with Crippen molar-refractivity contribution in [2.24, 2.45) is 0 Å². The van der Waals surface area contributed by atoms with Crippen molar-refractivity contribution in [1.82, 2.24) is 14.5 Å². The van der Waals surface area contributed by atoms with Gasteiger partial charge in [0.05, 0.1) is 12.5 Å². The number of aliphatic carboxylic acids is 1. The molecule has 3 aromatic rings. The molecule has 0 bridgehead atoms. The highest BCUT2D eigenvalue weighted by Crippen LogP contribution is 2.29. The highest BCUT2D eigenvalue weighted by Gasteiger charge is 2.47.